The molecule has 3 heterocycles. The summed E-state index contributed by atoms with van der Waals surface area (Å²) in [7, 11) is 1.79. The largest absolute Gasteiger partial charge is 0.344 e. The van der Waals surface area contributed by atoms with Crippen LogP contribution in [0.3, 0.4) is 0 Å². The Kier molecular flexibility index (Phi) is 5.42. The standard InChI is InChI=1S/C20H19N7O3S/c1-20(14-6-4-3-5-7-14)17(29)27(18(30)22-20)25-15(28)12-31-19-24-23-16(26(19)2)13-8-10-21-11-9-13/h3-11H,12H2,1-2H3,(H,22,30)(H,25,28)/t20-/m1/s1. The van der Waals surface area contributed by atoms with Crippen molar-refractivity contribution in [2.24, 2.45) is 7.05 Å². The third-order valence-corrected chi connectivity index (χ3v) is 5.90. The molecule has 1 fully saturated rings. The number of nitrogens with zero attached hydrogens (tertiary/aromatic N) is 5. The number of imide groups is 1. The molecule has 0 spiro atoms. The highest BCUT2D eigenvalue weighted by Gasteiger charge is 2.49. The summed E-state index contributed by atoms with van der Waals surface area (Å²) in [5.41, 5.74) is 2.60. The number of amides is 4. The molecule has 10 nitrogen and oxygen atoms in total. The molecule has 0 bridgehead atoms. The van der Waals surface area contributed by atoms with Crippen LogP contribution in [0.1, 0.15) is 12.5 Å². The molecule has 0 saturated carbocycles. The van der Waals surface area contributed by atoms with Crippen LogP contribution in [0.15, 0.2) is 60.0 Å². The number of hydrogen-bond acceptors (Lipinski definition) is 7. The number of hydrogen-bond donors (Lipinski definition) is 2. The Labute approximate surface area is 182 Å². The van der Waals surface area contributed by atoms with Crippen LogP contribution in [-0.2, 0) is 22.2 Å². The number of hydrazine groups is 1. The normalized spacial score (nSPS) is 18.2. The highest BCUT2D eigenvalue weighted by molar-refractivity contribution is 7.99. The smallest absolute Gasteiger partial charge is 0.318 e. The van der Waals surface area contributed by atoms with E-state index >= 15 is 0 Å². The summed E-state index contributed by atoms with van der Waals surface area (Å²) in [6.45, 7) is 1.60. The van der Waals surface area contributed by atoms with Gasteiger partial charge in [-0.3, -0.25) is 20.0 Å². The number of nitrogens with one attached hydrogen (secondary N) is 2. The molecule has 1 aliphatic heterocycles. The van der Waals surface area contributed by atoms with E-state index < -0.39 is 23.4 Å². The van der Waals surface area contributed by atoms with Gasteiger partial charge in [-0.1, -0.05) is 42.1 Å². The number of benzene rings is 1. The number of carbonyl (C=O) groups excluding carboxylic acids is 3. The fraction of sp³-hybridized carbons (Fsp3) is 0.200. The Morgan fingerprint density at radius 1 is 1.13 bits per heavy atom. The van der Waals surface area contributed by atoms with E-state index in [4.69, 9.17) is 0 Å². The van der Waals surface area contributed by atoms with Gasteiger partial charge in [-0.05, 0) is 24.6 Å². The van der Waals surface area contributed by atoms with Crippen LogP contribution in [0.25, 0.3) is 11.4 Å². The minimum atomic E-state index is -1.25. The zero-order valence-corrected chi connectivity index (χ0v) is 17.6. The van der Waals surface area contributed by atoms with E-state index in [-0.39, 0.29) is 5.75 Å². The number of pyridine rings is 1. The van der Waals surface area contributed by atoms with Crippen molar-refractivity contribution in [2.45, 2.75) is 17.6 Å². The van der Waals surface area contributed by atoms with E-state index in [1.54, 1.807) is 55.2 Å². The fourth-order valence-corrected chi connectivity index (χ4v) is 3.89. The van der Waals surface area contributed by atoms with Gasteiger partial charge < -0.3 is 9.88 Å². The summed E-state index contributed by atoms with van der Waals surface area (Å²) in [6, 6.07) is 11.8. The Morgan fingerprint density at radius 2 is 1.84 bits per heavy atom. The van der Waals surface area contributed by atoms with Crippen molar-refractivity contribution < 1.29 is 14.4 Å². The lowest BCUT2D eigenvalue weighted by Crippen LogP contribution is -2.48. The van der Waals surface area contributed by atoms with Crippen LogP contribution < -0.4 is 10.7 Å². The molecule has 4 amide bonds. The Morgan fingerprint density at radius 3 is 2.55 bits per heavy atom. The first-order valence-corrected chi connectivity index (χ1v) is 10.3. The topological polar surface area (TPSA) is 122 Å². The summed E-state index contributed by atoms with van der Waals surface area (Å²) in [5.74, 6) is -0.487. The lowest BCUT2D eigenvalue weighted by molar-refractivity contribution is -0.138. The summed E-state index contributed by atoms with van der Waals surface area (Å²) < 4.78 is 1.76. The minimum Gasteiger partial charge on any atom is -0.318 e. The predicted molar refractivity (Wildman–Crippen MR) is 112 cm³/mol. The van der Waals surface area contributed by atoms with Crippen molar-refractivity contribution in [3.05, 3.63) is 60.4 Å². The number of carbonyl (C=O) groups is 3. The van der Waals surface area contributed by atoms with Gasteiger partial charge in [0.05, 0.1) is 5.75 Å². The second-order valence-electron chi connectivity index (χ2n) is 6.99. The van der Waals surface area contributed by atoms with Gasteiger partial charge in [-0.15, -0.1) is 10.2 Å². The lowest BCUT2D eigenvalue weighted by atomic mass is 9.92. The van der Waals surface area contributed by atoms with Gasteiger partial charge in [-0.25, -0.2) is 4.79 Å². The van der Waals surface area contributed by atoms with Crippen molar-refractivity contribution in [3.63, 3.8) is 0 Å². The molecular formula is C20H19N7O3S. The molecule has 1 atom stereocenters. The quantitative estimate of drug-likeness (QED) is 0.442. The average molecular weight is 437 g/mol. The SMILES string of the molecule is Cn1c(SCC(=O)NN2C(=O)N[C@](C)(c3ccccc3)C2=O)nnc1-c1ccncc1. The Balaban J connectivity index is 1.40. The van der Waals surface area contributed by atoms with Crippen LogP contribution in [-0.4, -0.2) is 48.4 Å². The molecular weight excluding hydrogens is 418 g/mol. The van der Waals surface area contributed by atoms with Crippen LogP contribution in [0.4, 0.5) is 4.79 Å². The summed E-state index contributed by atoms with van der Waals surface area (Å²) in [5, 5.41) is 12.1. The van der Waals surface area contributed by atoms with Gasteiger partial charge in [0.15, 0.2) is 11.0 Å². The molecule has 0 radical (unpaired) electrons. The van der Waals surface area contributed by atoms with Gasteiger partial charge in [0.25, 0.3) is 5.91 Å². The van der Waals surface area contributed by atoms with Gasteiger partial charge in [0.2, 0.25) is 5.91 Å². The first-order valence-electron chi connectivity index (χ1n) is 9.34. The number of rotatable bonds is 6. The zero-order valence-electron chi connectivity index (χ0n) is 16.8. The molecule has 1 aliphatic rings. The van der Waals surface area contributed by atoms with Crippen molar-refractivity contribution in [1.82, 2.24) is 35.5 Å². The number of aromatic nitrogens is 4. The Bertz CT molecular complexity index is 1140. The van der Waals surface area contributed by atoms with Crippen LogP contribution in [0.5, 0.6) is 0 Å². The van der Waals surface area contributed by atoms with E-state index in [1.807, 2.05) is 18.2 Å². The summed E-state index contributed by atoms with van der Waals surface area (Å²) in [4.78, 5) is 41.6. The second-order valence-corrected chi connectivity index (χ2v) is 7.93. The molecule has 0 unspecified atom stereocenters. The third-order valence-electron chi connectivity index (χ3n) is 4.88. The summed E-state index contributed by atoms with van der Waals surface area (Å²) in [6.07, 6.45) is 3.32. The second kappa shape index (κ2) is 8.19. The molecule has 1 saturated heterocycles. The number of thioether (sulfide) groups is 1. The molecule has 3 aromatic rings. The fourth-order valence-electron chi connectivity index (χ4n) is 3.19. The van der Waals surface area contributed by atoms with Crippen molar-refractivity contribution in [2.75, 3.05) is 5.75 Å². The van der Waals surface area contributed by atoms with E-state index in [2.05, 4.69) is 25.9 Å². The van der Waals surface area contributed by atoms with E-state index in [9.17, 15) is 14.4 Å². The van der Waals surface area contributed by atoms with Crippen molar-refractivity contribution in [3.8, 4) is 11.4 Å². The van der Waals surface area contributed by atoms with Crippen LogP contribution in [0.2, 0.25) is 0 Å². The van der Waals surface area contributed by atoms with Crippen molar-refractivity contribution >= 4 is 29.6 Å². The molecule has 31 heavy (non-hydrogen) atoms. The van der Waals surface area contributed by atoms with Crippen LogP contribution in [0, 0.1) is 0 Å². The Hall–Kier alpha value is -3.73. The molecule has 2 aromatic heterocycles. The highest BCUT2D eigenvalue weighted by Crippen LogP contribution is 2.28. The number of urea groups is 1. The van der Waals surface area contributed by atoms with Gasteiger partial charge in [-0.2, -0.15) is 5.01 Å². The summed E-state index contributed by atoms with van der Waals surface area (Å²) >= 11 is 1.14. The maximum atomic E-state index is 12.9. The van der Waals surface area contributed by atoms with Gasteiger partial charge >= 0.3 is 6.03 Å². The van der Waals surface area contributed by atoms with Crippen LogP contribution >= 0.6 is 11.8 Å². The molecule has 158 valence electrons. The maximum Gasteiger partial charge on any atom is 0.344 e. The highest BCUT2D eigenvalue weighted by atomic mass is 32.2. The zero-order chi connectivity index (χ0) is 22.0. The first-order chi connectivity index (χ1) is 14.9. The molecule has 1 aromatic carbocycles. The molecule has 0 aliphatic carbocycles. The third kappa shape index (κ3) is 3.87. The van der Waals surface area contributed by atoms with E-state index in [0.29, 0.717) is 16.5 Å². The predicted octanol–water partition coefficient (Wildman–Crippen LogP) is 1.47. The van der Waals surface area contributed by atoms with E-state index in [0.717, 1.165) is 22.3 Å². The average Bonchev–Trinajstić information content (AvgIpc) is 3.26. The van der Waals surface area contributed by atoms with E-state index in [1.165, 1.54) is 0 Å². The lowest BCUT2D eigenvalue weighted by Gasteiger charge is -2.22. The molecule has 11 heteroatoms. The van der Waals surface area contributed by atoms with Crippen molar-refractivity contribution in [1.29, 1.82) is 0 Å². The monoisotopic (exact) mass is 437 g/mol. The molecule has 4 rings (SSSR count). The first kappa shape index (κ1) is 20.5. The van der Waals surface area contributed by atoms with Gasteiger partial charge in [0, 0.05) is 25.0 Å². The molecule has 2 N–H and O–H groups in total. The van der Waals surface area contributed by atoms with Gasteiger partial charge in [0.1, 0.15) is 5.54 Å². The maximum absolute atomic E-state index is 12.9. The minimum absolute atomic E-state index is 0.0541.